The average Bonchev–Trinajstić information content (AvgIpc) is 2.35. The summed E-state index contributed by atoms with van der Waals surface area (Å²) in [7, 11) is 7.41. The van der Waals surface area contributed by atoms with Crippen molar-refractivity contribution in [2.75, 3.05) is 41.4 Å². The lowest BCUT2D eigenvalue weighted by Crippen LogP contribution is -2.26. The van der Waals surface area contributed by atoms with Crippen LogP contribution in [0.2, 0.25) is 0 Å². The highest BCUT2D eigenvalue weighted by molar-refractivity contribution is 9.10. The highest BCUT2D eigenvalue weighted by atomic mass is 79.9. The van der Waals surface area contributed by atoms with Gasteiger partial charge in [-0.1, -0.05) is 15.9 Å². The van der Waals surface area contributed by atoms with Crippen LogP contribution in [-0.4, -0.2) is 46.3 Å². The number of hydrogen-bond donors (Lipinski definition) is 1. The van der Waals surface area contributed by atoms with Gasteiger partial charge in [-0.15, -0.1) is 0 Å². The van der Waals surface area contributed by atoms with Crippen LogP contribution in [0.4, 0.5) is 0 Å². The molecule has 0 aliphatic rings. The summed E-state index contributed by atoms with van der Waals surface area (Å²) in [5.41, 5.74) is 1.16. The quantitative estimate of drug-likeness (QED) is 0.781. The van der Waals surface area contributed by atoms with Crippen LogP contribution in [0.1, 0.15) is 5.56 Å². The molecule has 0 radical (unpaired) electrons. The predicted octanol–water partition coefficient (Wildman–Crippen LogP) is 2.12. The lowest BCUT2D eigenvalue weighted by Gasteiger charge is -2.13. The third kappa shape index (κ3) is 4.48. The number of benzene rings is 1. The zero-order chi connectivity index (χ0) is 13.5. The van der Waals surface area contributed by atoms with Crippen molar-refractivity contribution in [1.82, 2.24) is 10.2 Å². The molecule has 0 atom stereocenters. The first-order chi connectivity index (χ1) is 8.58. The van der Waals surface area contributed by atoms with E-state index in [0.717, 1.165) is 41.2 Å². The molecule has 1 aromatic carbocycles. The van der Waals surface area contributed by atoms with Crippen molar-refractivity contribution >= 4 is 15.9 Å². The van der Waals surface area contributed by atoms with Gasteiger partial charge < -0.3 is 19.7 Å². The molecule has 1 aromatic rings. The maximum Gasteiger partial charge on any atom is 0.161 e. The molecule has 4 nitrogen and oxygen atoms in total. The SMILES string of the molecule is COc1cc(Br)c(CNCCN(C)C)cc1OC. The monoisotopic (exact) mass is 316 g/mol. The number of nitrogens with one attached hydrogen (secondary N) is 1. The van der Waals surface area contributed by atoms with Crippen LogP contribution in [0.5, 0.6) is 11.5 Å². The molecule has 0 heterocycles. The molecule has 102 valence electrons. The maximum atomic E-state index is 5.29. The fourth-order valence-corrected chi connectivity index (χ4v) is 2.02. The van der Waals surface area contributed by atoms with Crippen LogP contribution in [0.3, 0.4) is 0 Å². The third-order valence-electron chi connectivity index (χ3n) is 2.60. The largest absolute Gasteiger partial charge is 0.493 e. The standard InChI is InChI=1S/C13H21BrN2O2/c1-16(2)6-5-15-9-10-7-12(17-3)13(18-4)8-11(10)14/h7-8,15H,5-6,9H2,1-4H3. The molecule has 0 aliphatic carbocycles. The second kappa shape index (κ2) is 7.61. The molecule has 0 aromatic heterocycles. The lowest BCUT2D eigenvalue weighted by molar-refractivity contribution is 0.354. The summed E-state index contributed by atoms with van der Waals surface area (Å²) in [6.07, 6.45) is 0. The Balaban J connectivity index is 2.65. The van der Waals surface area contributed by atoms with Crippen molar-refractivity contribution in [2.45, 2.75) is 6.54 Å². The second-order valence-electron chi connectivity index (χ2n) is 4.28. The van der Waals surface area contributed by atoms with E-state index in [1.54, 1.807) is 14.2 Å². The Hall–Kier alpha value is -0.780. The normalized spacial score (nSPS) is 10.8. The Bertz CT molecular complexity index is 383. The minimum atomic E-state index is 0.737. The van der Waals surface area contributed by atoms with Gasteiger partial charge in [-0.3, -0.25) is 0 Å². The Kier molecular flexibility index (Phi) is 6.46. The minimum Gasteiger partial charge on any atom is -0.493 e. The van der Waals surface area contributed by atoms with Gasteiger partial charge in [0.2, 0.25) is 0 Å². The molecule has 0 unspecified atom stereocenters. The Morgan fingerprint density at radius 1 is 1.17 bits per heavy atom. The maximum absolute atomic E-state index is 5.29. The van der Waals surface area contributed by atoms with Gasteiger partial charge in [-0.2, -0.15) is 0 Å². The van der Waals surface area contributed by atoms with Crippen molar-refractivity contribution in [3.05, 3.63) is 22.2 Å². The van der Waals surface area contributed by atoms with E-state index in [-0.39, 0.29) is 0 Å². The Morgan fingerprint density at radius 3 is 2.33 bits per heavy atom. The van der Waals surface area contributed by atoms with Crippen LogP contribution in [0.15, 0.2) is 16.6 Å². The number of likely N-dealkylation sites (N-methyl/N-ethyl adjacent to an activating group) is 1. The number of halogens is 1. The van der Waals surface area contributed by atoms with E-state index in [2.05, 4.69) is 40.2 Å². The van der Waals surface area contributed by atoms with Crippen molar-refractivity contribution in [3.63, 3.8) is 0 Å². The zero-order valence-electron chi connectivity index (χ0n) is 11.4. The topological polar surface area (TPSA) is 33.7 Å². The van der Waals surface area contributed by atoms with Gasteiger partial charge in [0, 0.05) is 24.1 Å². The molecular formula is C13H21BrN2O2. The van der Waals surface area contributed by atoms with Gasteiger partial charge >= 0.3 is 0 Å². The van der Waals surface area contributed by atoms with E-state index in [9.17, 15) is 0 Å². The van der Waals surface area contributed by atoms with Gasteiger partial charge in [0.05, 0.1) is 14.2 Å². The van der Waals surface area contributed by atoms with Gasteiger partial charge in [-0.05, 0) is 31.8 Å². The fraction of sp³-hybridized carbons (Fsp3) is 0.538. The molecule has 5 heteroatoms. The second-order valence-corrected chi connectivity index (χ2v) is 5.13. The van der Waals surface area contributed by atoms with E-state index >= 15 is 0 Å². The van der Waals surface area contributed by atoms with Gasteiger partial charge in [0.25, 0.3) is 0 Å². The minimum absolute atomic E-state index is 0.737. The molecule has 1 N–H and O–H groups in total. The smallest absolute Gasteiger partial charge is 0.161 e. The molecule has 0 saturated heterocycles. The summed E-state index contributed by atoms with van der Waals surface area (Å²) in [5.74, 6) is 1.49. The predicted molar refractivity (Wildman–Crippen MR) is 77.5 cm³/mol. The van der Waals surface area contributed by atoms with E-state index in [0.29, 0.717) is 0 Å². The summed E-state index contributed by atoms with van der Waals surface area (Å²) >= 11 is 3.55. The van der Waals surface area contributed by atoms with E-state index in [4.69, 9.17) is 9.47 Å². The highest BCUT2D eigenvalue weighted by Gasteiger charge is 2.09. The molecule has 0 amide bonds. The highest BCUT2D eigenvalue weighted by Crippen LogP contribution is 2.33. The van der Waals surface area contributed by atoms with E-state index in [1.165, 1.54) is 0 Å². The Morgan fingerprint density at radius 2 is 1.78 bits per heavy atom. The van der Waals surface area contributed by atoms with Crippen molar-refractivity contribution in [1.29, 1.82) is 0 Å². The number of rotatable bonds is 7. The molecule has 0 fully saturated rings. The first kappa shape index (κ1) is 15.3. The van der Waals surface area contributed by atoms with Crippen LogP contribution in [0, 0.1) is 0 Å². The molecular weight excluding hydrogens is 296 g/mol. The number of hydrogen-bond acceptors (Lipinski definition) is 4. The number of ether oxygens (including phenoxy) is 2. The van der Waals surface area contributed by atoms with Crippen LogP contribution < -0.4 is 14.8 Å². The molecule has 0 bridgehead atoms. The van der Waals surface area contributed by atoms with Crippen molar-refractivity contribution < 1.29 is 9.47 Å². The van der Waals surface area contributed by atoms with Crippen molar-refractivity contribution in [2.24, 2.45) is 0 Å². The summed E-state index contributed by atoms with van der Waals surface area (Å²) in [4.78, 5) is 2.15. The fourth-order valence-electron chi connectivity index (χ4n) is 1.56. The lowest BCUT2D eigenvalue weighted by atomic mass is 10.2. The van der Waals surface area contributed by atoms with E-state index in [1.807, 2.05) is 12.1 Å². The third-order valence-corrected chi connectivity index (χ3v) is 3.34. The summed E-state index contributed by atoms with van der Waals surface area (Å²) < 4.78 is 11.6. The van der Waals surface area contributed by atoms with Gasteiger partial charge in [-0.25, -0.2) is 0 Å². The van der Waals surface area contributed by atoms with Gasteiger partial charge in [0.1, 0.15) is 0 Å². The zero-order valence-corrected chi connectivity index (χ0v) is 13.0. The molecule has 0 spiro atoms. The van der Waals surface area contributed by atoms with Crippen LogP contribution in [-0.2, 0) is 6.54 Å². The summed E-state index contributed by atoms with van der Waals surface area (Å²) in [6.45, 7) is 2.77. The van der Waals surface area contributed by atoms with Gasteiger partial charge in [0.15, 0.2) is 11.5 Å². The summed E-state index contributed by atoms with van der Waals surface area (Å²) in [5, 5.41) is 3.39. The number of nitrogens with zero attached hydrogens (tertiary/aromatic N) is 1. The Labute approximate surface area is 117 Å². The molecule has 0 aliphatic heterocycles. The average molecular weight is 317 g/mol. The summed E-state index contributed by atoms with van der Waals surface area (Å²) in [6, 6.07) is 3.92. The van der Waals surface area contributed by atoms with Crippen LogP contribution >= 0.6 is 15.9 Å². The first-order valence-corrected chi connectivity index (χ1v) is 6.63. The van der Waals surface area contributed by atoms with Crippen LogP contribution in [0.25, 0.3) is 0 Å². The number of methoxy groups -OCH3 is 2. The molecule has 1 rings (SSSR count). The molecule has 0 saturated carbocycles. The molecule has 18 heavy (non-hydrogen) atoms. The van der Waals surface area contributed by atoms with E-state index < -0.39 is 0 Å². The first-order valence-electron chi connectivity index (χ1n) is 5.84. The van der Waals surface area contributed by atoms with Crippen molar-refractivity contribution in [3.8, 4) is 11.5 Å².